The molecule has 0 fully saturated rings. The summed E-state index contributed by atoms with van der Waals surface area (Å²) < 4.78 is 1.45. The third kappa shape index (κ3) is 3.41. The maximum atomic E-state index is 12.0. The van der Waals surface area contributed by atoms with Crippen LogP contribution in [0.1, 0.15) is 24.2 Å². The van der Waals surface area contributed by atoms with Crippen molar-refractivity contribution in [2.45, 2.75) is 19.9 Å². The van der Waals surface area contributed by atoms with E-state index in [2.05, 4.69) is 20.8 Å². The molecule has 0 bridgehead atoms. The summed E-state index contributed by atoms with van der Waals surface area (Å²) in [6.07, 6.45) is 1.44. The molecular weight excluding hydrogens is 274 g/mol. The molecule has 0 radical (unpaired) electrons. The molecule has 8 heteroatoms. The molecule has 1 amide bonds. The lowest BCUT2D eigenvalue weighted by Crippen LogP contribution is -2.44. The highest BCUT2D eigenvalue weighted by Crippen LogP contribution is 2.09. The van der Waals surface area contributed by atoms with E-state index in [1.54, 1.807) is 38.1 Å². The summed E-state index contributed by atoms with van der Waals surface area (Å²) >= 11 is 0. The van der Waals surface area contributed by atoms with E-state index in [1.807, 2.05) is 0 Å². The average molecular weight is 289 g/mol. The number of hydrogen-bond acceptors (Lipinski definition) is 5. The summed E-state index contributed by atoms with van der Waals surface area (Å²) in [6, 6.07) is 5.61. The Hall–Kier alpha value is -2.77. The number of aromatic nitrogens is 4. The van der Waals surface area contributed by atoms with Crippen LogP contribution in [0.5, 0.6) is 0 Å². The first-order valence-electron chi connectivity index (χ1n) is 6.36. The van der Waals surface area contributed by atoms with Gasteiger partial charge in [-0.1, -0.05) is 13.8 Å². The second-order valence-electron chi connectivity index (χ2n) is 4.83. The Kier molecular flexibility index (Phi) is 4.27. The van der Waals surface area contributed by atoms with Gasteiger partial charge in [0.15, 0.2) is 0 Å². The number of nitrogens with zero attached hydrogens (tertiary/aromatic N) is 4. The third-order valence-electron chi connectivity index (χ3n) is 2.96. The summed E-state index contributed by atoms with van der Waals surface area (Å²) in [5, 5.41) is 22.3. The van der Waals surface area contributed by atoms with Gasteiger partial charge < -0.3 is 10.4 Å². The highest BCUT2D eigenvalue weighted by molar-refractivity contribution is 5.96. The number of rotatable bonds is 5. The topological polar surface area (TPSA) is 110 Å². The van der Waals surface area contributed by atoms with E-state index in [4.69, 9.17) is 5.11 Å². The molecule has 1 heterocycles. The van der Waals surface area contributed by atoms with Crippen molar-refractivity contribution >= 4 is 11.9 Å². The molecule has 1 atom stereocenters. The average Bonchev–Trinajstić information content (AvgIpc) is 2.98. The number of aliphatic carboxylic acids is 1. The minimum Gasteiger partial charge on any atom is -0.480 e. The van der Waals surface area contributed by atoms with Gasteiger partial charge in [0.05, 0.1) is 5.69 Å². The van der Waals surface area contributed by atoms with Crippen LogP contribution in [0, 0.1) is 5.92 Å². The predicted molar refractivity (Wildman–Crippen MR) is 72.9 cm³/mol. The molecule has 0 saturated heterocycles. The lowest BCUT2D eigenvalue weighted by atomic mass is 10.0. The Morgan fingerprint density at radius 3 is 2.38 bits per heavy atom. The zero-order valence-electron chi connectivity index (χ0n) is 11.6. The summed E-state index contributed by atoms with van der Waals surface area (Å²) in [4.78, 5) is 23.1. The molecule has 0 aliphatic rings. The van der Waals surface area contributed by atoms with Crippen LogP contribution in [0.15, 0.2) is 30.6 Å². The van der Waals surface area contributed by atoms with E-state index < -0.39 is 17.9 Å². The van der Waals surface area contributed by atoms with Crippen molar-refractivity contribution in [3.63, 3.8) is 0 Å². The first-order valence-corrected chi connectivity index (χ1v) is 6.36. The second kappa shape index (κ2) is 6.12. The molecule has 110 valence electrons. The lowest BCUT2D eigenvalue weighted by molar-refractivity contribution is -0.140. The predicted octanol–water partition coefficient (Wildman–Crippen LogP) is 0.501. The van der Waals surface area contributed by atoms with Gasteiger partial charge in [-0.05, 0) is 40.6 Å². The molecule has 2 aromatic rings. The minimum atomic E-state index is -1.05. The molecule has 2 rings (SSSR count). The summed E-state index contributed by atoms with van der Waals surface area (Å²) in [5.41, 5.74) is 1.08. The van der Waals surface area contributed by atoms with Crippen LogP contribution >= 0.6 is 0 Å². The van der Waals surface area contributed by atoms with Crippen molar-refractivity contribution in [3.8, 4) is 5.69 Å². The van der Waals surface area contributed by atoms with Crippen LogP contribution < -0.4 is 5.32 Å². The quantitative estimate of drug-likeness (QED) is 0.829. The van der Waals surface area contributed by atoms with Gasteiger partial charge in [-0.3, -0.25) is 4.79 Å². The van der Waals surface area contributed by atoms with Gasteiger partial charge in [0.25, 0.3) is 5.91 Å². The first-order chi connectivity index (χ1) is 9.99. The SMILES string of the molecule is CC(C)C(NC(=O)c1ccc(-n2cnnn2)cc1)C(=O)O. The molecule has 0 saturated carbocycles. The van der Waals surface area contributed by atoms with Crippen LogP contribution in [0.2, 0.25) is 0 Å². The molecule has 21 heavy (non-hydrogen) atoms. The third-order valence-corrected chi connectivity index (χ3v) is 2.96. The maximum Gasteiger partial charge on any atom is 0.326 e. The second-order valence-corrected chi connectivity index (χ2v) is 4.83. The van der Waals surface area contributed by atoms with E-state index in [-0.39, 0.29) is 5.92 Å². The van der Waals surface area contributed by atoms with E-state index in [1.165, 1.54) is 11.0 Å². The highest BCUT2D eigenvalue weighted by atomic mass is 16.4. The molecular formula is C13H15N5O3. The summed E-state index contributed by atoms with van der Waals surface area (Å²) in [5.74, 6) is -1.69. The van der Waals surface area contributed by atoms with Crippen LogP contribution in [0.3, 0.4) is 0 Å². The molecule has 8 nitrogen and oxygen atoms in total. The number of carboxylic acid groups (broad SMARTS) is 1. The number of amides is 1. The number of carbonyl (C=O) groups excluding carboxylic acids is 1. The van der Waals surface area contributed by atoms with E-state index in [0.29, 0.717) is 11.3 Å². The maximum absolute atomic E-state index is 12.0. The highest BCUT2D eigenvalue weighted by Gasteiger charge is 2.23. The summed E-state index contributed by atoms with van der Waals surface area (Å²) in [6.45, 7) is 3.47. The van der Waals surface area contributed by atoms with Gasteiger partial charge in [0.1, 0.15) is 12.4 Å². The number of carboxylic acids is 1. The fraction of sp³-hybridized carbons (Fsp3) is 0.308. The number of nitrogens with one attached hydrogen (secondary N) is 1. The van der Waals surface area contributed by atoms with Gasteiger partial charge in [-0.25, -0.2) is 9.48 Å². The number of tetrazole rings is 1. The molecule has 0 spiro atoms. The zero-order chi connectivity index (χ0) is 15.4. The van der Waals surface area contributed by atoms with Crippen LogP contribution in [0.4, 0.5) is 0 Å². The Labute approximate surface area is 120 Å². The molecule has 0 aliphatic heterocycles. The van der Waals surface area contributed by atoms with Crippen molar-refractivity contribution in [1.82, 2.24) is 25.5 Å². The number of benzene rings is 1. The molecule has 1 aromatic carbocycles. The zero-order valence-corrected chi connectivity index (χ0v) is 11.6. The van der Waals surface area contributed by atoms with E-state index in [9.17, 15) is 9.59 Å². The van der Waals surface area contributed by atoms with Crippen molar-refractivity contribution in [2.75, 3.05) is 0 Å². The Morgan fingerprint density at radius 2 is 1.90 bits per heavy atom. The Balaban J connectivity index is 2.11. The largest absolute Gasteiger partial charge is 0.480 e. The van der Waals surface area contributed by atoms with Crippen molar-refractivity contribution < 1.29 is 14.7 Å². The molecule has 0 aliphatic carbocycles. The fourth-order valence-corrected chi connectivity index (χ4v) is 1.78. The van der Waals surface area contributed by atoms with E-state index in [0.717, 1.165) is 0 Å². The molecule has 1 aromatic heterocycles. The van der Waals surface area contributed by atoms with E-state index >= 15 is 0 Å². The molecule has 2 N–H and O–H groups in total. The lowest BCUT2D eigenvalue weighted by Gasteiger charge is -2.17. The van der Waals surface area contributed by atoms with Gasteiger partial charge in [0.2, 0.25) is 0 Å². The Morgan fingerprint density at radius 1 is 1.24 bits per heavy atom. The monoisotopic (exact) mass is 289 g/mol. The minimum absolute atomic E-state index is 0.202. The van der Waals surface area contributed by atoms with Crippen LogP contribution in [-0.2, 0) is 4.79 Å². The number of hydrogen-bond donors (Lipinski definition) is 2. The normalized spacial score (nSPS) is 12.1. The fourth-order valence-electron chi connectivity index (χ4n) is 1.78. The van der Waals surface area contributed by atoms with Crippen LogP contribution in [-0.4, -0.2) is 43.2 Å². The van der Waals surface area contributed by atoms with Gasteiger partial charge >= 0.3 is 5.97 Å². The van der Waals surface area contributed by atoms with Gasteiger partial charge in [0, 0.05) is 5.56 Å². The summed E-state index contributed by atoms with van der Waals surface area (Å²) in [7, 11) is 0. The van der Waals surface area contributed by atoms with Gasteiger partial charge in [-0.15, -0.1) is 5.10 Å². The van der Waals surface area contributed by atoms with Gasteiger partial charge in [-0.2, -0.15) is 0 Å². The molecule has 1 unspecified atom stereocenters. The smallest absolute Gasteiger partial charge is 0.326 e. The standard InChI is InChI=1S/C13H15N5O3/c1-8(2)11(13(20)21)15-12(19)9-3-5-10(6-4-9)18-7-14-16-17-18/h3-8,11H,1-2H3,(H,15,19)(H,20,21). The number of carbonyl (C=O) groups is 2. The van der Waals surface area contributed by atoms with Crippen LogP contribution in [0.25, 0.3) is 5.69 Å². The van der Waals surface area contributed by atoms with Crippen molar-refractivity contribution in [2.24, 2.45) is 5.92 Å². The first kappa shape index (κ1) is 14.6. The Bertz CT molecular complexity index is 622. The van der Waals surface area contributed by atoms with Crippen molar-refractivity contribution in [3.05, 3.63) is 36.2 Å². The van der Waals surface area contributed by atoms with Crippen molar-refractivity contribution in [1.29, 1.82) is 0 Å².